The average Bonchev–Trinajstić information content (AvgIpc) is 2.98. The summed E-state index contributed by atoms with van der Waals surface area (Å²) in [5, 5.41) is 3.13. The second kappa shape index (κ2) is 8.46. The summed E-state index contributed by atoms with van der Waals surface area (Å²) in [7, 11) is 0. The van der Waals surface area contributed by atoms with Crippen LogP contribution in [0.25, 0.3) is 0 Å². The third-order valence-corrected chi connectivity index (χ3v) is 7.39. The Morgan fingerprint density at radius 2 is 2.00 bits per heavy atom. The number of nitrogens with one attached hydrogen (secondary N) is 1. The SMILES string of the molecule is O=C(C1CCCCO1)N1Cc2cc(F)cnc2Nc2cc(F)c(N3CC4(CCCOC4)C3)cc21. The van der Waals surface area contributed by atoms with Crippen molar-refractivity contribution in [2.24, 2.45) is 5.41 Å². The number of rotatable bonds is 2. The number of carbonyl (C=O) groups is 1. The predicted octanol–water partition coefficient (Wildman–Crippen LogP) is 4.14. The van der Waals surface area contributed by atoms with Crippen molar-refractivity contribution in [3.05, 3.63) is 41.6 Å². The molecule has 0 bridgehead atoms. The molecule has 1 unspecified atom stereocenters. The Bertz CT molecular complexity index is 1110. The van der Waals surface area contributed by atoms with Crippen molar-refractivity contribution >= 4 is 28.8 Å². The van der Waals surface area contributed by atoms with Gasteiger partial charge in [-0.1, -0.05) is 0 Å². The van der Waals surface area contributed by atoms with Crippen molar-refractivity contribution in [2.75, 3.05) is 48.0 Å². The van der Waals surface area contributed by atoms with Gasteiger partial charge in [0.25, 0.3) is 5.91 Å². The number of nitrogens with zero attached hydrogens (tertiary/aromatic N) is 3. The molecule has 1 spiro atoms. The molecule has 0 saturated carbocycles. The first-order chi connectivity index (χ1) is 16.5. The van der Waals surface area contributed by atoms with Crippen LogP contribution in [-0.4, -0.2) is 49.9 Å². The maximum atomic E-state index is 15.3. The van der Waals surface area contributed by atoms with E-state index in [4.69, 9.17) is 9.47 Å². The molecule has 1 atom stereocenters. The number of amides is 1. The zero-order valence-electron chi connectivity index (χ0n) is 19.0. The van der Waals surface area contributed by atoms with E-state index in [0.29, 0.717) is 48.1 Å². The molecule has 3 saturated heterocycles. The number of hydrogen-bond donors (Lipinski definition) is 1. The Morgan fingerprint density at radius 1 is 1.12 bits per heavy atom. The first-order valence-electron chi connectivity index (χ1n) is 12.0. The Kier molecular flexibility index (Phi) is 5.41. The molecule has 7 nitrogen and oxygen atoms in total. The first-order valence-corrected chi connectivity index (χ1v) is 12.0. The van der Waals surface area contributed by atoms with E-state index < -0.39 is 11.9 Å². The summed E-state index contributed by atoms with van der Waals surface area (Å²) in [6.45, 7) is 3.60. The fourth-order valence-electron chi connectivity index (χ4n) is 5.61. The minimum atomic E-state index is -0.565. The van der Waals surface area contributed by atoms with E-state index in [0.717, 1.165) is 51.6 Å². The summed E-state index contributed by atoms with van der Waals surface area (Å²) in [6.07, 6.45) is 5.12. The summed E-state index contributed by atoms with van der Waals surface area (Å²) in [6, 6.07) is 4.51. The molecular formula is C25H28F2N4O3. The fourth-order valence-corrected chi connectivity index (χ4v) is 5.61. The van der Waals surface area contributed by atoms with Crippen molar-refractivity contribution < 1.29 is 23.0 Å². The molecule has 1 aromatic heterocycles. The van der Waals surface area contributed by atoms with Gasteiger partial charge in [-0.25, -0.2) is 13.8 Å². The quantitative estimate of drug-likeness (QED) is 0.712. The molecule has 34 heavy (non-hydrogen) atoms. The Labute approximate surface area is 197 Å². The van der Waals surface area contributed by atoms with Crippen molar-refractivity contribution in [2.45, 2.75) is 44.8 Å². The third-order valence-electron chi connectivity index (χ3n) is 7.39. The maximum absolute atomic E-state index is 15.3. The fraction of sp³-hybridized carbons (Fsp3) is 0.520. The molecule has 0 aliphatic carbocycles. The normalized spacial score (nSPS) is 23.4. The highest BCUT2D eigenvalue weighted by atomic mass is 19.1. The minimum absolute atomic E-state index is 0.0822. The molecule has 1 aromatic carbocycles. The van der Waals surface area contributed by atoms with E-state index >= 15 is 4.39 Å². The van der Waals surface area contributed by atoms with E-state index in [2.05, 4.69) is 10.3 Å². The molecule has 180 valence electrons. The summed E-state index contributed by atoms with van der Waals surface area (Å²) in [5.74, 6) is -0.639. The smallest absolute Gasteiger partial charge is 0.256 e. The molecule has 1 N–H and O–H groups in total. The summed E-state index contributed by atoms with van der Waals surface area (Å²) in [4.78, 5) is 21.3. The second-order valence-corrected chi connectivity index (χ2v) is 9.90. The number of ether oxygens (including phenoxy) is 2. The van der Waals surface area contributed by atoms with Crippen LogP contribution < -0.4 is 15.1 Å². The summed E-state index contributed by atoms with van der Waals surface area (Å²) in [5.41, 5.74) is 2.06. The maximum Gasteiger partial charge on any atom is 0.256 e. The number of pyridine rings is 1. The van der Waals surface area contributed by atoms with Crippen molar-refractivity contribution in [1.29, 1.82) is 0 Å². The van der Waals surface area contributed by atoms with Gasteiger partial charge >= 0.3 is 0 Å². The van der Waals surface area contributed by atoms with Crippen LogP contribution in [-0.2, 0) is 20.8 Å². The van der Waals surface area contributed by atoms with Crippen LogP contribution in [0.1, 0.15) is 37.7 Å². The monoisotopic (exact) mass is 470 g/mol. The van der Waals surface area contributed by atoms with Gasteiger partial charge in [0, 0.05) is 43.3 Å². The van der Waals surface area contributed by atoms with Crippen LogP contribution in [0.5, 0.6) is 0 Å². The number of aromatic nitrogens is 1. The van der Waals surface area contributed by atoms with Crippen molar-refractivity contribution in [1.82, 2.24) is 4.98 Å². The van der Waals surface area contributed by atoms with Crippen molar-refractivity contribution in [3.63, 3.8) is 0 Å². The van der Waals surface area contributed by atoms with E-state index in [1.165, 1.54) is 12.1 Å². The topological polar surface area (TPSA) is 66.9 Å². The Morgan fingerprint density at radius 3 is 2.76 bits per heavy atom. The molecule has 1 amide bonds. The van der Waals surface area contributed by atoms with E-state index in [1.807, 2.05) is 4.90 Å². The van der Waals surface area contributed by atoms with Crippen LogP contribution >= 0.6 is 0 Å². The van der Waals surface area contributed by atoms with E-state index in [9.17, 15) is 9.18 Å². The van der Waals surface area contributed by atoms with E-state index in [1.54, 1.807) is 11.0 Å². The highest BCUT2D eigenvalue weighted by Crippen LogP contribution is 2.45. The number of anilines is 4. The predicted molar refractivity (Wildman–Crippen MR) is 123 cm³/mol. The van der Waals surface area contributed by atoms with Gasteiger partial charge in [-0.2, -0.15) is 0 Å². The van der Waals surface area contributed by atoms with Gasteiger partial charge in [-0.15, -0.1) is 0 Å². The van der Waals surface area contributed by atoms with Crippen LogP contribution in [0, 0.1) is 17.0 Å². The molecule has 2 aromatic rings. The number of halogens is 2. The average molecular weight is 471 g/mol. The largest absolute Gasteiger partial charge is 0.381 e. The lowest BCUT2D eigenvalue weighted by Gasteiger charge is -2.53. The van der Waals surface area contributed by atoms with Crippen LogP contribution in [0.3, 0.4) is 0 Å². The standard InChI is InChI=1S/C25H28F2N4O3/c26-17-8-16-12-31(24(32)22-4-1-2-7-34-22)21-10-20(18(27)9-19(21)29-23(16)28-11-17)30-13-25(14-30)5-3-6-33-15-25/h8-11,22H,1-7,12-15H2,(H,28,29). The third kappa shape index (κ3) is 3.80. The number of hydrogen-bond acceptors (Lipinski definition) is 6. The van der Waals surface area contributed by atoms with Gasteiger partial charge in [-0.3, -0.25) is 4.79 Å². The minimum Gasteiger partial charge on any atom is -0.381 e. The van der Waals surface area contributed by atoms with Gasteiger partial charge in [0.15, 0.2) is 0 Å². The van der Waals surface area contributed by atoms with Gasteiger partial charge in [0.2, 0.25) is 0 Å². The van der Waals surface area contributed by atoms with Crippen LogP contribution in [0.2, 0.25) is 0 Å². The Hall–Kier alpha value is -2.78. The van der Waals surface area contributed by atoms with Gasteiger partial charge in [0.1, 0.15) is 23.6 Å². The highest BCUT2D eigenvalue weighted by Gasteiger charge is 2.45. The number of fused-ring (bicyclic) bond motifs is 2. The lowest BCUT2D eigenvalue weighted by molar-refractivity contribution is -0.132. The molecule has 6 rings (SSSR count). The van der Waals surface area contributed by atoms with E-state index in [-0.39, 0.29) is 23.7 Å². The zero-order valence-corrected chi connectivity index (χ0v) is 19.0. The van der Waals surface area contributed by atoms with Gasteiger partial charge in [-0.05, 0) is 44.2 Å². The molecule has 4 aliphatic heterocycles. The number of benzene rings is 1. The second-order valence-electron chi connectivity index (χ2n) is 9.90. The lowest BCUT2D eigenvalue weighted by Crippen LogP contribution is -2.60. The summed E-state index contributed by atoms with van der Waals surface area (Å²) >= 11 is 0. The molecular weight excluding hydrogens is 442 g/mol. The van der Waals surface area contributed by atoms with Crippen molar-refractivity contribution in [3.8, 4) is 0 Å². The molecule has 0 radical (unpaired) electrons. The molecule has 4 aliphatic rings. The van der Waals surface area contributed by atoms with Crippen LogP contribution in [0.4, 0.5) is 31.7 Å². The lowest BCUT2D eigenvalue weighted by atomic mass is 9.75. The molecule has 3 fully saturated rings. The molecule has 5 heterocycles. The van der Waals surface area contributed by atoms with Crippen LogP contribution in [0.15, 0.2) is 24.4 Å². The molecule has 9 heteroatoms. The number of carbonyl (C=O) groups excluding carboxylic acids is 1. The highest BCUT2D eigenvalue weighted by molar-refractivity contribution is 6.01. The Balaban J connectivity index is 1.37. The zero-order chi connectivity index (χ0) is 23.3. The van der Waals surface area contributed by atoms with Gasteiger partial charge < -0.3 is 24.6 Å². The summed E-state index contributed by atoms with van der Waals surface area (Å²) < 4.78 is 40.8. The first kappa shape index (κ1) is 21.7. The van der Waals surface area contributed by atoms with Gasteiger partial charge in [0.05, 0.1) is 36.4 Å².